The van der Waals surface area contributed by atoms with E-state index in [4.69, 9.17) is 0 Å². The highest BCUT2D eigenvalue weighted by Gasteiger charge is 2.16. The van der Waals surface area contributed by atoms with Gasteiger partial charge in [-0.15, -0.1) is 0 Å². The maximum atomic E-state index is 11.9. The van der Waals surface area contributed by atoms with Gasteiger partial charge in [0.1, 0.15) is 0 Å². The topological polar surface area (TPSA) is 57.5 Å². The number of allylic oxidation sites excluding steroid dienone is 1. The largest absolute Gasteiger partial charge is 0.504 e. The molecule has 0 atom stereocenters. The molecule has 0 bridgehead atoms. The molecule has 0 saturated heterocycles. The van der Waals surface area contributed by atoms with Crippen molar-refractivity contribution < 1.29 is 15.0 Å². The average molecular weight is 240 g/mol. The van der Waals surface area contributed by atoms with Gasteiger partial charge in [-0.1, -0.05) is 60.7 Å². The van der Waals surface area contributed by atoms with Crippen LogP contribution < -0.4 is 0 Å². The number of hydrogen-bond acceptors (Lipinski definition) is 3. The highest BCUT2D eigenvalue weighted by Crippen LogP contribution is 2.17. The molecule has 3 nitrogen and oxygen atoms in total. The molecular weight excluding hydrogens is 228 g/mol. The molecule has 0 aliphatic carbocycles. The van der Waals surface area contributed by atoms with Crippen LogP contribution in [0, 0.1) is 0 Å². The Morgan fingerprint density at radius 2 is 1.17 bits per heavy atom. The zero-order valence-corrected chi connectivity index (χ0v) is 9.58. The molecule has 2 rings (SSSR count). The van der Waals surface area contributed by atoms with Crippen molar-refractivity contribution in [3.8, 4) is 0 Å². The van der Waals surface area contributed by atoms with Crippen molar-refractivity contribution in [1.82, 2.24) is 0 Å². The van der Waals surface area contributed by atoms with E-state index in [0.717, 1.165) is 0 Å². The predicted molar refractivity (Wildman–Crippen MR) is 69.4 cm³/mol. The first-order chi connectivity index (χ1) is 8.70. The average Bonchev–Trinajstić information content (AvgIpc) is 2.47. The van der Waals surface area contributed by atoms with Crippen molar-refractivity contribution in [3.05, 3.63) is 77.5 Å². The van der Waals surface area contributed by atoms with Crippen LogP contribution in [0.1, 0.15) is 15.9 Å². The third-order valence-electron chi connectivity index (χ3n) is 2.52. The maximum Gasteiger partial charge on any atom is 0.231 e. The normalized spacial score (nSPS) is 11.8. The molecule has 0 saturated carbocycles. The molecule has 0 unspecified atom stereocenters. The van der Waals surface area contributed by atoms with Crippen molar-refractivity contribution in [3.63, 3.8) is 0 Å². The van der Waals surface area contributed by atoms with Crippen LogP contribution in [-0.2, 0) is 0 Å². The highest BCUT2D eigenvalue weighted by atomic mass is 16.3. The molecule has 0 aliphatic rings. The van der Waals surface area contributed by atoms with Crippen LogP contribution >= 0.6 is 0 Å². The van der Waals surface area contributed by atoms with Crippen molar-refractivity contribution in [2.24, 2.45) is 0 Å². The first-order valence-electron chi connectivity index (χ1n) is 5.47. The van der Waals surface area contributed by atoms with Crippen LogP contribution in [0.2, 0.25) is 0 Å². The second-order valence-electron chi connectivity index (χ2n) is 3.76. The van der Waals surface area contributed by atoms with Crippen molar-refractivity contribution in [2.45, 2.75) is 0 Å². The van der Waals surface area contributed by atoms with E-state index in [9.17, 15) is 15.0 Å². The summed E-state index contributed by atoms with van der Waals surface area (Å²) < 4.78 is 0. The summed E-state index contributed by atoms with van der Waals surface area (Å²) >= 11 is 0. The van der Waals surface area contributed by atoms with E-state index < -0.39 is 17.3 Å². The van der Waals surface area contributed by atoms with E-state index in [1.165, 1.54) is 0 Å². The monoisotopic (exact) mass is 240 g/mol. The lowest BCUT2D eigenvalue weighted by Gasteiger charge is -2.04. The number of rotatable bonds is 3. The summed E-state index contributed by atoms with van der Waals surface area (Å²) in [6.45, 7) is 0. The first-order valence-corrected chi connectivity index (χ1v) is 5.47. The van der Waals surface area contributed by atoms with E-state index in [1.807, 2.05) is 0 Å². The Labute approximate surface area is 105 Å². The van der Waals surface area contributed by atoms with Crippen LogP contribution in [0.25, 0.3) is 5.76 Å². The number of carbonyl (C=O) groups is 1. The minimum absolute atomic E-state index is 0.331. The lowest BCUT2D eigenvalue weighted by molar-refractivity contribution is 0.0975. The first kappa shape index (κ1) is 11.9. The molecule has 90 valence electrons. The number of Topliss-reactive ketones (excluding diaryl/α,β-unsaturated/α-hetero) is 1. The van der Waals surface area contributed by atoms with Gasteiger partial charge >= 0.3 is 0 Å². The summed E-state index contributed by atoms with van der Waals surface area (Å²) in [4.78, 5) is 11.9. The second kappa shape index (κ2) is 5.19. The van der Waals surface area contributed by atoms with Crippen molar-refractivity contribution in [1.29, 1.82) is 0 Å². The quantitative estimate of drug-likeness (QED) is 0.491. The fraction of sp³-hybridized carbons (Fsp3) is 0. The fourth-order valence-electron chi connectivity index (χ4n) is 1.57. The number of aliphatic hydroxyl groups excluding tert-OH is 2. The third-order valence-corrected chi connectivity index (χ3v) is 2.52. The molecule has 2 aromatic rings. The Morgan fingerprint density at radius 3 is 1.67 bits per heavy atom. The van der Waals surface area contributed by atoms with Crippen LogP contribution in [0.3, 0.4) is 0 Å². The smallest absolute Gasteiger partial charge is 0.231 e. The van der Waals surface area contributed by atoms with Gasteiger partial charge in [0.15, 0.2) is 5.76 Å². The summed E-state index contributed by atoms with van der Waals surface area (Å²) in [5.41, 5.74) is 0.733. The van der Waals surface area contributed by atoms with Gasteiger partial charge in [-0.3, -0.25) is 4.79 Å². The summed E-state index contributed by atoms with van der Waals surface area (Å²) in [5.74, 6) is -1.66. The lowest BCUT2D eigenvalue weighted by atomic mass is 10.1. The number of benzene rings is 2. The summed E-state index contributed by atoms with van der Waals surface area (Å²) in [6, 6.07) is 16.8. The Kier molecular flexibility index (Phi) is 3.44. The summed E-state index contributed by atoms with van der Waals surface area (Å²) in [6.07, 6.45) is 0. The van der Waals surface area contributed by atoms with Crippen LogP contribution in [0.5, 0.6) is 0 Å². The third kappa shape index (κ3) is 2.40. The molecular formula is C15H12O3. The van der Waals surface area contributed by atoms with Crippen molar-refractivity contribution in [2.75, 3.05) is 0 Å². The van der Waals surface area contributed by atoms with E-state index in [0.29, 0.717) is 11.1 Å². The molecule has 18 heavy (non-hydrogen) atoms. The number of hydrogen-bond donors (Lipinski definition) is 2. The number of ketones is 1. The van der Waals surface area contributed by atoms with Gasteiger partial charge in [-0.25, -0.2) is 0 Å². The standard InChI is InChI=1S/C15H12O3/c16-13(11-7-3-1-4-8-11)15(18)14(17)12-9-5-2-6-10-12/h1-10,16,18H/b15-13+. The number of carbonyl (C=O) groups excluding carboxylic acids is 1. The fourth-order valence-corrected chi connectivity index (χ4v) is 1.57. The van der Waals surface area contributed by atoms with Gasteiger partial charge in [0.05, 0.1) is 0 Å². The molecule has 0 fully saturated rings. The van der Waals surface area contributed by atoms with E-state index >= 15 is 0 Å². The Balaban J connectivity index is 2.37. The molecule has 0 aliphatic heterocycles. The Hall–Kier alpha value is -2.55. The van der Waals surface area contributed by atoms with Gasteiger partial charge in [0, 0.05) is 11.1 Å². The van der Waals surface area contributed by atoms with Crippen LogP contribution in [-0.4, -0.2) is 16.0 Å². The molecule has 0 aromatic heterocycles. The minimum Gasteiger partial charge on any atom is -0.504 e. The molecule has 0 heterocycles. The lowest BCUT2D eigenvalue weighted by Crippen LogP contribution is -2.05. The highest BCUT2D eigenvalue weighted by molar-refractivity contribution is 6.10. The van der Waals surface area contributed by atoms with Crippen LogP contribution in [0.4, 0.5) is 0 Å². The van der Waals surface area contributed by atoms with Gasteiger partial charge in [0.2, 0.25) is 11.5 Å². The summed E-state index contributed by atoms with van der Waals surface area (Å²) in [7, 11) is 0. The number of aliphatic hydroxyl groups is 2. The Bertz CT molecular complexity index is 571. The van der Waals surface area contributed by atoms with E-state index in [-0.39, 0.29) is 0 Å². The molecule has 3 heteroatoms. The van der Waals surface area contributed by atoms with Gasteiger partial charge < -0.3 is 10.2 Å². The molecule has 0 amide bonds. The second-order valence-corrected chi connectivity index (χ2v) is 3.76. The van der Waals surface area contributed by atoms with E-state index in [1.54, 1.807) is 60.7 Å². The molecule has 2 N–H and O–H groups in total. The van der Waals surface area contributed by atoms with Gasteiger partial charge in [-0.2, -0.15) is 0 Å². The molecule has 0 spiro atoms. The zero-order valence-electron chi connectivity index (χ0n) is 9.58. The van der Waals surface area contributed by atoms with Crippen molar-refractivity contribution >= 4 is 11.5 Å². The minimum atomic E-state index is -0.646. The predicted octanol–water partition coefficient (Wildman–Crippen LogP) is 3.35. The molecule has 2 aromatic carbocycles. The van der Waals surface area contributed by atoms with Gasteiger partial charge in [-0.05, 0) is 0 Å². The Morgan fingerprint density at radius 1 is 0.722 bits per heavy atom. The SMILES string of the molecule is O=C(/C(O)=C(\O)c1ccccc1)c1ccccc1. The zero-order chi connectivity index (χ0) is 13.0. The molecule has 0 radical (unpaired) electrons. The van der Waals surface area contributed by atoms with E-state index in [2.05, 4.69) is 0 Å². The van der Waals surface area contributed by atoms with Crippen LogP contribution in [0.15, 0.2) is 66.4 Å². The summed E-state index contributed by atoms with van der Waals surface area (Å²) in [5, 5.41) is 19.6. The maximum absolute atomic E-state index is 11.9. The van der Waals surface area contributed by atoms with Gasteiger partial charge in [0.25, 0.3) is 0 Å².